The average Bonchev–Trinajstić information content (AvgIpc) is 3.00. The van der Waals surface area contributed by atoms with Crippen molar-refractivity contribution in [1.82, 2.24) is 4.90 Å². The van der Waals surface area contributed by atoms with Gasteiger partial charge in [0.2, 0.25) is 0 Å². The van der Waals surface area contributed by atoms with Crippen LogP contribution in [0.5, 0.6) is 0 Å². The molecule has 0 unspecified atom stereocenters. The summed E-state index contributed by atoms with van der Waals surface area (Å²) in [6, 6.07) is -1.46. The highest BCUT2D eigenvalue weighted by atomic mass is 16.6. The summed E-state index contributed by atoms with van der Waals surface area (Å²) in [6.07, 6.45) is -3.81. The van der Waals surface area contributed by atoms with Crippen molar-refractivity contribution in [2.45, 2.75) is 71.1 Å². The molecule has 2 saturated heterocycles. The maximum atomic E-state index is 11.7. The predicted molar refractivity (Wildman–Crippen MR) is 93.1 cm³/mol. The van der Waals surface area contributed by atoms with E-state index in [1.165, 1.54) is 34.6 Å². The van der Waals surface area contributed by atoms with Gasteiger partial charge in [-0.2, -0.15) is 0 Å². The molecule has 162 valence electrons. The zero-order chi connectivity index (χ0) is 21.9. The molecule has 0 bridgehead atoms. The molecule has 2 fully saturated rings. The Morgan fingerprint density at radius 1 is 0.690 bits per heavy atom. The smallest absolute Gasteiger partial charge is 0.303 e. The fourth-order valence-corrected chi connectivity index (χ4v) is 3.89. The van der Waals surface area contributed by atoms with Crippen molar-refractivity contribution < 1.29 is 47.7 Å². The summed E-state index contributed by atoms with van der Waals surface area (Å²) in [7, 11) is 0. The van der Waals surface area contributed by atoms with Gasteiger partial charge in [0.25, 0.3) is 0 Å². The van der Waals surface area contributed by atoms with Gasteiger partial charge >= 0.3 is 29.8 Å². The van der Waals surface area contributed by atoms with Gasteiger partial charge in [-0.15, -0.1) is 0 Å². The van der Waals surface area contributed by atoms with Gasteiger partial charge in [0.1, 0.15) is 6.61 Å². The van der Waals surface area contributed by atoms with E-state index >= 15 is 0 Å². The molecule has 2 heterocycles. The van der Waals surface area contributed by atoms with Crippen molar-refractivity contribution in [2.75, 3.05) is 13.2 Å². The monoisotopic (exact) mass is 415 g/mol. The van der Waals surface area contributed by atoms with Crippen LogP contribution in [0.2, 0.25) is 0 Å². The van der Waals surface area contributed by atoms with Crippen LogP contribution in [-0.4, -0.2) is 84.4 Å². The molecule has 0 aromatic rings. The Hall–Kier alpha value is -2.69. The SMILES string of the molecule is CC(=O)OC[C@@H]1[C@@H](OC(C)=O)[C@H](OC(C)=O)[C@H]2[C@H](OC(C)=O)[C@@H](OC(C)=O)CN21. The van der Waals surface area contributed by atoms with Gasteiger partial charge in [0.05, 0.1) is 12.1 Å². The molecule has 2 aliphatic heterocycles. The Labute approximate surface area is 167 Å². The first-order valence-electron chi connectivity index (χ1n) is 9.09. The second-order valence-electron chi connectivity index (χ2n) is 6.93. The number of hydrogen-bond donors (Lipinski definition) is 0. The van der Waals surface area contributed by atoms with Crippen molar-refractivity contribution in [3.8, 4) is 0 Å². The molecule has 0 aliphatic carbocycles. The van der Waals surface area contributed by atoms with Crippen LogP contribution in [0.15, 0.2) is 0 Å². The second-order valence-corrected chi connectivity index (χ2v) is 6.93. The summed E-state index contributed by atoms with van der Waals surface area (Å²) in [6.45, 7) is 5.96. The average molecular weight is 415 g/mol. The van der Waals surface area contributed by atoms with Gasteiger partial charge in [-0.05, 0) is 0 Å². The predicted octanol–water partition coefficient (Wildman–Crippen LogP) is -0.657. The maximum Gasteiger partial charge on any atom is 0.303 e. The Balaban J connectivity index is 2.44. The quantitative estimate of drug-likeness (QED) is 0.404. The maximum absolute atomic E-state index is 11.7. The molecule has 0 aromatic carbocycles. The van der Waals surface area contributed by atoms with Crippen molar-refractivity contribution in [3.63, 3.8) is 0 Å². The van der Waals surface area contributed by atoms with E-state index < -0.39 is 66.3 Å². The molecule has 0 saturated carbocycles. The fourth-order valence-electron chi connectivity index (χ4n) is 3.89. The van der Waals surface area contributed by atoms with Crippen LogP contribution in [0.4, 0.5) is 0 Å². The summed E-state index contributed by atoms with van der Waals surface area (Å²) < 4.78 is 26.6. The van der Waals surface area contributed by atoms with Crippen LogP contribution in [0.1, 0.15) is 34.6 Å². The van der Waals surface area contributed by atoms with E-state index in [0.717, 1.165) is 0 Å². The number of nitrogens with zero attached hydrogens (tertiary/aromatic N) is 1. The molecule has 0 aromatic heterocycles. The van der Waals surface area contributed by atoms with Gasteiger partial charge in [0.15, 0.2) is 24.4 Å². The Kier molecular flexibility index (Phi) is 7.17. The number of fused-ring (bicyclic) bond motifs is 1. The van der Waals surface area contributed by atoms with Gasteiger partial charge in [0, 0.05) is 41.2 Å². The van der Waals surface area contributed by atoms with E-state index in [4.69, 9.17) is 23.7 Å². The molecule has 0 amide bonds. The number of hydrogen-bond acceptors (Lipinski definition) is 11. The zero-order valence-corrected chi connectivity index (χ0v) is 16.9. The first kappa shape index (κ1) is 22.6. The first-order chi connectivity index (χ1) is 13.5. The van der Waals surface area contributed by atoms with Crippen molar-refractivity contribution in [3.05, 3.63) is 0 Å². The van der Waals surface area contributed by atoms with Gasteiger partial charge in [-0.3, -0.25) is 28.9 Å². The van der Waals surface area contributed by atoms with E-state index in [0.29, 0.717) is 0 Å². The zero-order valence-electron chi connectivity index (χ0n) is 16.9. The highest BCUT2D eigenvalue weighted by Crippen LogP contribution is 2.39. The van der Waals surface area contributed by atoms with Crippen LogP contribution in [0, 0.1) is 0 Å². The third-order valence-electron chi connectivity index (χ3n) is 4.62. The van der Waals surface area contributed by atoms with E-state index in [9.17, 15) is 24.0 Å². The topological polar surface area (TPSA) is 135 Å². The third-order valence-corrected chi connectivity index (χ3v) is 4.62. The molecule has 0 radical (unpaired) electrons. The van der Waals surface area contributed by atoms with Crippen LogP contribution >= 0.6 is 0 Å². The van der Waals surface area contributed by atoms with E-state index in [1.54, 1.807) is 4.90 Å². The van der Waals surface area contributed by atoms with Gasteiger partial charge < -0.3 is 23.7 Å². The van der Waals surface area contributed by atoms with Crippen LogP contribution in [0.3, 0.4) is 0 Å². The summed E-state index contributed by atoms with van der Waals surface area (Å²) in [5, 5.41) is 0. The van der Waals surface area contributed by atoms with E-state index in [1.807, 2.05) is 0 Å². The van der Waals surface area contributed by atoms with E-state index in [2.05, 4.69) is 0 Å². The van der Waals surface area contributed by atoms with Crippen molar-refractivity contribution in [1.29, 1.82) is 0 Å². The van der Waals surface area contributed by atoms with Gasteiger partial charge in [-0.1, -0.05) is 0 Å². The largest absolute Gasteiger partial charge is 0.464 e. The van der Waals surface area contributed by atoms with Crippen LogP contribution in [0.25, 0.3) is 0 Å². The Bertz CT molecular complexity index is 678. The molecule has 2 aliphatic rings. The molecule has 11 heteroatoms. The van der Waals surface area contributed by atoms with E-state index in [-0.39, 0.29) is 13.2 Å². The molecule has 0 N–H and O–H groups in total. The number of esters is 5. The van der Waals surface area contributed by atoms with Crippen LogP contribution in [-0.2, 0) is 47.7 Å². The molecule has 0 spiro atoms. The molecular weight excluding hydrogens is 390 g/mol. The lowest BCUT2D eigenvalue weighted by molar-refractivity contribution is -0.174. The normalized spacial score (nSPS) is 30.8. The number of rotatable bonds is 6. The lowest BCUT2D eigenvalue weighted by Crippen LogP contribution is -2.48. The Morgan fingerprint density at radius 2 is 1.17 bits per heavy atom. The minimum Gasteiger partial charge on any atom is -0.464 e. The number of carbonyl (C=O) groups excluding carboxylic acids is 5. The molecule has 2 rings (SSSR count). The molecular formula is C18H25NO10. The molecule has 29 heavy (non-hydrogen) atoms. The Morgan fingerprint density at radius 3 is 1.66 bits per heavy atom. The fraction of sp³-hybridized carbons (Fsp3) is 0.722. The lowest BCUT2D eigenvalue weighted by Gasteiger charge is -2.29. The number of carbonyl (C=O) groups is 5. The highest BCUT2D eigenvalue weighted by Gasteiger charge is 2.63. The standard InChI is InChI=1S/C18H25NO10/c1-8(20)25-7-13-16(27-10(3)22)18(29-12(5)24)15-17(28-11(4)23)14(6-19(13)15)26-9(2)21/h13-18H,6-7H2,1-5H3/t13-,14+,15-,16-,17-,18-/m1/s1. The minimum atomic E-state index is -1.03. The third kappa shape index (κ3) is 5.43. The first-order valence-corrected chi connectivity index (χ1v) is 9.09. The highest BCUT2D eigenvalue weighted by molar-refractivity contribution is 5.69. The van der Waals surface area contributed by atoms with Crippen LogP contribution < -0.4 is 0 Å². The second kappa shape index (κ2) is 9.21. The molecule has 11 nitrogen and oxygen atoms in total. The van der Waals surface area contributed by atoms with Crippen molar-refractivity contribution in [2.24, 2.45) is 0 Å². The molecule has 6 atom stereocenters. The number of ether oxygens (including phenoxy) is 5. The minimum absolute atomic E-state index is 0.101. The summed E-state index contributed by atoms with van der Waals surface area (Å²) in [5.41, 5.74) is 0. The van der Waals surface area contributed by atoms with Crippen molar-refractivity contribution >= 4 is 29.8 Å². The lowest BCUT2D eigenvalue weighted by atomic mass is 10.0. The summed E-state index contributed by atoms with van der Waals surface area (Å²) in [4.78, 5) is 59.6. The van der Waals surface area contributed by atoms with Gasteiger partial charge in [-0.25, -0.2) is 0 Å². The summed E-state index contributed by atoms with van der Waals surface area (Å²) >= 11 is 0. The summed E-state index contributed by atoms with van der Waals surface area (Å²) in [5.74, 6) is -3.01.